The molecule has 1 aromatic rings. The molecule has 0 aromatic heterocycles. The normalized spacial score (nSPS) is 24.4. The molecular formula is C17H27NO2. The predicted octanol–water partition coefficient (Wildman–Crippen LogP) is 3.70. The van der Waals surface area contributed by atoms with E-state index in [1.165, 1.54) is 18.4 Å². The van der Waals surface area contributed by atoms with Gasteiger partial charge in [0.05, 0.1) is 18.8 Å². The van der Waals surface area contributed by atoms with Gasteiger partial charge in [0.25, 0.3) is 0 Å². The first-order valence-electron chi connectivity index (χ1n) is 7.71. The van der Waals surface area contributed by atoms with Crippen LogP contribution in [0.15, 0.2) is 24.3 Å². The first-order valence-corrected chi connectivity index (χ1v) is 7.71. The maximum Gasteiger partial charge on any atom is 0.119 e. The highest BCUT2D eigenvalue weighted by molar-refractivity contribution is 5.32. The molecule has 1 N–H and O–H groups in total. The molecule has 1 aromatic carbocycles. The minimum Gasteiger partial charge on any atom is -0.497 e. The largest absolute Gasteiger partial charge is 0.497 e. The second-order valence-electron chi connectivity index (χ2n) is 5.78. The van der Waals surface area contributed by atoms with Gasteiger partial charge in [0.1, 0.15) is 5.75 Å². The van der Waals surface area contributed by atoms with E-state index >= 15 is 0 Å². The molecule has 3 nitrogen and oxygen atoms in total. The molecule has 0 amide bonds. The van der Waals surface area contributed by atoms with Crippen LogP contribution in [0.5, 0.6) is 5.75 Å². The van der Waals surface area contributed by atoms with Crippen molar-refractivity contribution >= 4 is 0 Å². The zero-order valence-corrected chi connectivity index (χ0v) is 12.9. The van der Waals surface area contributed by atoms with E-state index < -0.39 is 0 Å². The number of nitrogens with one attached hydrogen (secondary N) is 1. The van der Waals surface area contributed by atoms with Crippen LogP contribution in [0.1, 0.15) is 51.1 Å². The Bertz CT molecular complexity index is 413. The highest BCUT2D eigenvalue weighted by Gasteiger charge is 2.37. The van der Waals surface area contributed by atoms with Crippen molar-refractivity contribution in [3.05, 3.63) is 29.8 Å². The molecule has 1 heterocycles. The highest BCUT2D eigenvalue weighted by atomic mass is 16.5. The fraction of sp³-hybridized carbons (Fsp3) is 0.647. The van der Waals surface area contributed by atoms with Crippen molar-refractivity contribution in [2.45, 2.75) is 51.2 Å². The Labute approximate surface area is 122 Å². The van der Waals surface area contributed by atoms with Gasteiger partial charge in [-0.3, -0.25) is 0 Å². The van der Waals surface area contributed by atoms with Crippen molar-refractivity contribution in [2.75, 3.05) is 20.3 Å². The average molecular weight is 277 g/mol. The summed E-state index contributed by atoms with van der Waals surface area (Å²) in [5, 5.41) is 3.67. The first kappa shape index (κ1) is 15.3. The molecule has 1 fully saturated rings. The van der Waals surface area contributed by atoms with Crippen molar-refractivity contribution < 1.29 is 9.47 Å². The summed E-state index contributed by atoms with van der Waals surface area (Å²) in [6.07, 6.45) is 4.64. The lowest BCUT2D eigenvalue weighted by Crippen LogP contribution is -2.46. The molecule has 112 valence electrons. The minimum absolute atomic E-state index is 0.125. The van der Waals surface area contributed by atoms with E-state index in [1.54, 1.807) is 7.11 Å². The number of benzene rings is 1. The molecule has 2 rings (SSSR count). The Hall–Kier alpha value is -1.06. The van der Waals surface area contributed by atoms with E-state index in [0.29, 0.717) is 0 Å². The number of hydrogen-bond donors (Lipinski definition) is 1. The van der Waals surface area contributed by atoms with Crippen molar-refractivity contribution in [3.8, 4) is 5.75 Å². The molecule has 2 unspecified atom stereocenters. The first-order chi connectivity index (χ1) is 9.69. The molecule has 0 radical (unpaired) electrons. The highest BCUT2D eigenvalue weighted by Crippen LogP contribution is 2.37. The Morgan fingerprint density at radius 1 is 1.40 bits per heavy atom. The molecule has 1 aliphatic heterocycles. The minimum atomic E-state index is -0.125. The van der Waals surface area contributed by atoms with Crippen LogP contribution < -0.4 is 10.1 Å². The maximum atomic E-state index is 6.15. The summed E-state index contributed by atoms with van der Waals surface area (Å²) in [5.41, 5.74) is 1.13. The predicted molar refractivity (Wildman–Crippen MR) is 82.2 cm³/mol. The van der Waals surface area contributed by atoms with Crippen molar-refractivity contribution in [1.29, 1.82) is 0 Å². The van der Waals surface area contributed by atoms with Gasteiger partial charge in [-0.1, -0.05) is 19.1 Å². The van der Waals surface area contributed by atoms with Gasteiger partial charge in [0, 0.05) is 6.61 Å². The van der Waals surface area contributed by atoms with Crippen molar-refractivity contribution in [3.63, 3.8) is 0 Å². The van der Waals surface area contributed by atoms with E-state index in [-0.39, 0.29) is 11.6 Å². The third-order valence-corrected chi connectivity index (χ3v) is 4.14. The van der Waals surface area contributed by atoms with Gasteiger partial charge in [-0.25, -0.2) is 0 Å². The molecule has 0 spiro atoms. The molecule has 1 aliphatic rings. The summed E-state index contributed by atoms with van der Waals surface area (Å²) >= 11 is 0. The summed E-state index contributed by atoms with van der Waals surface area (Å²) in [5.74, 6) is 0.908. The second-order valence-corrected chi connectivity index (χ2v) is 5.78. The van der Waals surface area contributed by atoms with E-state index in [4.69, 9.17) is 9.47 Å². The standard InChI is InChI=1S/C17H27NO2/c1-4-11-18-16(17(2)10-5-6-12-20-17)14-8-7-9-15(13-14)19-3/h7-9,13,16,18H,4-6,10-12H2,1-3H3. The number of methoxy groups -OCH3 is 1. The van der Waals surface area contributed by atoms with E-state index in [2.05, 4.69) is 37.4 Å². The summed E-state index contributed by atoms with van der Waals surface area (Å²) in [6.45, 7) is 6.30. The average Bonchev–Trinajstić information content (AvgIpc) is 2.48. The Balaban J connectivity index is 2.25. The van der Waals surface area contributed by atoms with E-state index in [0.717, 1.165) is 31.7 Å². The maximum absolute atomic E-state index is 6.15. The summed E-state index contributed by atoms with van der Waals surface area (Å²) in [7, 11) is 1.71. The van der Waals surface area contributed by atoms with Crippen LogP contribution in [0, 0.1) is 0 Å². The van der Waals surface area contributed by atoms with Crippen LogP contribution in [0.3, 0.4) is 0 Å². The van der Waals surface area contributed by atoms with Crippen LogP contribution in [0.4, 0.5) is 0 Å². The molecular weight excluding hydrogens is 250 g/mol. The topological polar surface area (TPSA) is 30.5 Å². The molecule has 3 heteroatoms. The quantitative estimate of drug-likeness (QED) is 0.860. The van der Waals surface area contributed by atoms with E-state index in [1.807, 2.05) is 6.07 Å². The molecule has 1 saturated heterocycles. The van der Waals surface area contributed by atoms with Crippen LogP contribution in [-0.2, 0) is 4.74 Å². The zero-order chi connectivity index (χ0) is 14.4. The van der Waals surface area contributed by atoms with Gasteiger partial charge in [-0.2, -0.15) is 0 Å². The van der Waals surface area contributed by atoms with Crippen LogP contribution >= 0.6 is 0 Å². The Morgan fingerprint density at radius 3 is 2.90 bits per heavy atom. The molecule has 0 aliphatic carbocycles. The SMILES string of the molecule is CCCNC(c1cccc(OC)c1)C1(C)CCCCO1. The van der Waals surface area contributed by atoms with Crippen molar-refractivity contribution in [1.82, 2.24) is 5.32 Å². The van der Waals surface area contributed by atoms with E-state index in [9.17, 15) is 0 Å². The zero-order valence-electron chi connectivity index (χ0n) is 12.9. The van der Waals surface area contributed by atoms with Gasteiger partial charge in [-0.15, -0.1) is 0 Å². The molecule has 2 atom stereocenters. The van der Waals surface area contributed by atoms with Crippen molar-refractivity contribution in [2.24, 2.45) is 0 Å². The molecule has 20 heavy (non-hydrogen) atoms. The van der Waals surface area contributed by atoms with Gasteiger partial charge >= 0.3 is 0 Å². The smallest absolute Gasteiger partial charge is 0.119 e. The lowest BCUT2D eigenvalue weighted by atomic mass is 9.84. The Kier molecular flexibility index (Phi) is 5.44. The van der Waals surface area contributed by atoms with Gasteiger partial charge in [0.15, 0.2) is 0 Å². The van der Waals surface area contributed by atoms with Gasteiger partial charge in [0.2, 0.25) is 0 Å². The van der Waals surface area contributed by atoms with Crippen LogP contribution in [0.25, 0.3) is 0 Å². The summed E-state index contributed by atoms with van der Waals surface area (Å²) < 4.78 is 11.5. The second kappa shape index (κ2) is 7.09. The van der Waals surface area contributed by atoms with Crippen LogP contribution in [-0.4, -0.2) is 25.9 Å². The monoisotopic (exact) mass is 277 g/mol. The Morgan fingerprint density at radius 2 is 2.25 bits per heavy atom. The third kappa shape index (κ3) is 3.53. The number of ether oxygens (including phenoxy) is 2. The summed E-state index contributed by atoms with van der Waals surface area (Å²) in [6, 6.07) is 8.55. The molecule has 0 bridgehead atoms. The fourth-order valence-electron chi connectivity index (χ4n) is 2.98. The number of hydrogen-bond acceptors (Lipinski definition) is 3. The van der Waals surface area contributed by atoms with Crippen LogP contribution in [0.2, 0.25) is 0 Å². The number of rotatable bonds is 6. The lowest BCUT2D eigenvalue weighted by molar-refractivity contribution is -0.0897. The van der Waals surface area contributed by atoms with Gasteiger partial charge in [-0.05, 0) is 56.8 Å². The third-order valence-electron chi connectivity index (χ3n) is 4.14. The lowest BCUT2D eigenvalue weighted by Gasteiger charge is -2.41. The molecule has 0 saturated carbocycles. The van der Waals surface area contributed by atoms with Gasteiger partial charge < -0.3 is 14.8 Å². The fourth-order valence-corrected chi connectivity index (χ4v) is 2.98. The summed E-state index contributed by atoms with van der Waals surface area (Å²) in [4.78, 5) is 0.